The number of carboxylic acid groups (broad SMARTS) is 1. The zero-order valence-corrected chi connectivity index (χ0v) is 14.8. The number of rotatable bonds is 4. The zero-order chi connectivity index (χ0) is 18.5. The van der Waals surface area contributed by atoms with Crippen molar-refractivity contribution in [2.45, 2.75) is 24.8 Å². The van der Waals surface area contributed by atoms with Gasteiger partial charge in [0.15, 0.2) is 0 Å². The van der Waals surface area contributed by atoms with Crippen molar-refractivity contribution in [2.24, 2.45) is 17.8 Å². The largest absolute Gasteiger partial charge is 0.481 e. The Kier molecular flexibility index (Phi) is 3.71. The van der Waals surface area contributed by atoms with Gasteiger partial charge in [-0.15, -0.1) is 0 Å². The minimum absolute atomic E-state index is 0.0104. The molecule has 0 bridgehead atoms. The molecule has 0 saturated heterocycles. The lowest BCUT2D eigenvalue weighted by atomic mass is 9.50. The van der Waals surface area contributed by atoms with Gasteiger partial charge < -0.3 is 15.2 Å². The van der Waals surface area contributed by atoms with E-state index in [2.05, 4.69) is 29.6 Å². The van der Waals surface area contributed by atoms with Gasteiger partial charge in [0, 0.05) is 12.0 Å². The fraction of sp³-hybridized carbons (Fsp3) is 0.364. The van der Waals surface area contributed by atoms with Gasteiger partial charge in [-0.1, -0.05) is 48.5 Å². The lowest BCUT2D eigenvalue weighted by molar-refractivity contribution is -0.163. The topological polar surface area (TPSA) is 75.6 Å². The van der Waals surface area contributed by atoms with Crippen LogP contribution in [0.1, 0.15) is 29.9 Å². The summed E-state index contributed by atoms with van der Waals surface area (Å²) in [6.45, 7) is 0.248. The fourth-order valence-corrected chi connectivity index (χ4v) is 5.14. The molecule has 1 amide bonds. The van der Waals surface area contributed by atoms with E-state index < -0.39 is 18.0 Å². The number of hydrogen-bond acceptors (Lipinski definition) is 3. The van der Waals surface area contributed by atoms with Crippen LogP contribution in [0, 0.1) is 17.8 Å². The van der Waals surface area contributed by atoms with E-state index in [4.69, 9.17) is 4.74 Å². The maximum Gasteiger partial charge on any atom is 0.407 e. The van der Waals surface area contributed by atoms with Gasteiger partial charge in [-0.3, -0.25) is 4.79 Å². The molecule has 138 valence electrons. The highest BCUT2D eigenvalue weighted by atomic mass is 16.5. The first kappa shape index (κ1) is 16.4. The van der Waals surface area contributed by atoms with Crippen molar-refractivity contribution in [2.75, 3.05) is 6.61 Å². The number of hydrogen-bond donors (Lipinski definition) is 2. The van der Waals surface area contributed by atoms with Crippen molar-refractivity contribution < 1.29 is 19.4 Å². The van der Waals surface area contributed by atoms with E-state index in [1.54, 1.807) is 0 Å². The molecule has 0 spiro atoms. The average Bonchev–Trinajstić information content (AvgIpc) is 2.97. The second-order valence-corrected chi connectivity index (χ2v) is 7.76. The Labute approximate surface area is 157 Å². The van der Waals surface area contributed by atoms with E-state index in [0.717, 1.165) is 24.0 Å². The third-order valence-electron chi connectivity index (χ3n) is 6.61. The highest BCUT2D eigenvalue weighted by Crippen LogP contribution is 2.54. The molecule has 0 heterocycles. The second-order valence-electron chi connectivity index (χ2n) is 7.76. The third kappa shape index (κ3) is 2.45. The Bertz CT molecular complexity index is 879. The van der Waals surface area contributed by atoms with Crippen LogP contribution in [0.15, 0.2) is 48.5 Å². The van der Waals surface area contributed by atoms with Crippen molar-refractivity contribution in [1.29, 1.82) is 0 Å². The maximum absolute atomic E-state index is 12.3. The summed E-state index contributed by atoms with van der Waals surface area (Å²) in [6.07, 6.45) is 1.42. The van der Waals surface area contributed by atoms with E-state index in [9.17, 15) is 14.7 Å². The molecule has 5 nitrogen and oxygen atoms in total. The number of alkyl carbamates (subject to hydrolysis) is 1. The van der Waals surface area contributed by atoms with Gasteiger partial charge in [0.1, 0.15) is 6.61 Å². The summed E-state index contributed by atoms with van der Waals surface area (Å²) >= 11 is 0. The molecule has 0 radical (unpaired) electrons. The molecule has 5 heteroatoms. The molecule has 2 aromatic carbocycles. The van der Waals surface area contributed by atoms with Crippen LogP contribution in [-0.4, -0.2) is 29.8 Å². The molecule has 2 fully saturated rings. The van der Waals surface area contributed by atoms with Crippen molar-refractivity contribution in [1.82, 2.24) is 5.32 Å². The molecule has 4 unspecified atom stereocenters. The summed E-state index contributed by atoms with van der Waals surface area (Å²) in [5.41, 5.74) is 4.70. The van der Waals surface area contributed by atoms with Gasteiger partial charge in [-0.05, 0) is 46.9 Å². The lowest BCUT2D eigenvalue weighted by Crippen LogP contribution is -2.66. The molecule has 2 aromatic rings. The maximum atomic E-state index is 12.3. The summed E-state index contributed by atoms with van der Waals surface area (Å²) < 4.78 is 5.54. The van der Waals surface area contributed by atoms with E-state index >= 15 is 0 Å². The number of benzene rings is 2. The molecular formula is C22H21NO4. The number of carboxylic acids is 1. The van der Waals surface area contributed by atoms with E-state index in [0.29, 0.717) is 5.92 Å². The second kappa shape index (κ2) is 6.12. The van der Waals surface area contributed by atoms with Crippen molar-refractivity contribution in [3.8, 4) is 11.1 Å². The number of aliphatic carboxylic acids is 1. The SMILES string of the molecule is O=C(NC1C2CCC2C1C(=O)O)OCC1c2ccccc2-c2ccccc21. The van der Waals surface area contributed by atoms with E-state index in [1.165, 1.54) is 11.1 Å². The molecule has 3 aliphatic carbocycles. The molecule has 5 rings (SSSR count). The van der Waals surface area contributed by atoms with Crippen LogP contribution >= 0.6 is 0 Å². The van der Waals surface area contributed by atoms with Crippen molar-refractivity contribution in [3.05, 3.63) is 59.7 Å². The van der Waals surface area contributed by atoms with E-state index in [1.807, 2.05) is 24.3 Å². The molecule has 2 saturated carbocycles. The Morgan fingerprint density at radius 2 is 1.56 bits per heavy atom. The average molecular weight is 363 g/mol. The molecule has 4 atom stereocenters. The number of carbonyl (C=O) groups excluding carboxylic acids is 1. The predicted molar refractivity (Wildman–Crippen MR) is 99.3 cm³/mol. The van der Waals surface area contributed by atoms with E-state index in [-0.39, 0.29) is 24.5 Å². The van der Waals surface area contributed by atoms with Crippen LogP contribution in [0.3, 0.4) is 0 Å². The molecule has 0 aromatic heterocycles. The van der Waals surface area contributed by atoms with Gasteiger partial charge in [-0.2, -0.15) is 0 Å². The smallest absolute Gasteiger partial charge is 0.407 e. The normalized spacial score (nSPS) is 27.4. The van der Waals surface area contributed by atoms with Gasteiger partial charge in [0.25, 0.3) is 0 Å². The lowest BCUT2D eigenvalue weighted by Gasteiger charge is -2.57. The Morgan fingerprint density at radius 3 is 2.11 bits per heavy atom. The molecule has 0 aliphatic heterocycles. The first-order valence-corrected chi connectivity index (χ1v) is 9.49. The van der Waals surface area contributed by atoms with Gasteiger partial charge >= 0.3 is 12.1 Å². The van der Waals surface area contributed by atoms with Crippen LogP contribution in [0.4, 0.5) is 4.79 Å². The van der Waals surface area contributed by atoms with Crippen LogP contribution < -0.4 is 5.32 Å². The minimum Gasteiger partial charge on any atom is -0.481 e. The number of carbonyl (C=O) groups is 2. The Balaban J connectivity index is 1.28. The molecule has 27 heavy (non-hydrogen) atoms. The standard InChI is InChI=1S/C22H21NO4/c24-21(25)19-16-9-10-17(16)20(19)23-22(26)27-11-18-14-7-3-1-5-12(14)13-6-2-4-8-15(13)18/h1-8,16-20H,9-11H2,(H,23,26)(H,24,25). The summed E-state index contributed by atoms with van der Waals surface area (Å²) in [5, 5.41) is 12.2. The molecular weight excluding hydrogens is 342 g/mol. The summed E-state index contributed by atoms with van der Waals surface area (Å²) in [6, 6.07) is 16.1. The fourth-order valence-electron chi connectivity index (χ4n) is 5.14. The minimum atomic E-state index is -0.820. The summed E-state index contributed by atoms with van der Waals surface area (Å²) in [7, 11) is 0. The third-order valence-corrected chi connectivity index (χ3v) is 6.61. The number of fused-ring (bicyclic) bond motifs is 4. The summed E-state index contributed by atoms with van der Waals surface area (Å²) in [5.74, 6) is -0.756. The zero-order valence-electron chi connectivity index (χ0n) is 14.8. The van der Waals surface area contributed by atoms with Crippen LogP contribution in [-0.2, 0) is 9.53 Å². The number of nitrogens with one attached hydrogen (secondary N) is 1. The van der Waals surface area contributed by atoms with Crippen molar-refractivity contribution in [3.63, 3.8) is 0 Å². The first-order valence-electron chi connectivity index (χ1n) is 9.49. The van der Waals surface area contributed by atoms with Crippen LogP contribution in [0.5, 0.6) is 0 Å². The predicted octanol–water partition coefficient (Wildman–Crippen LogP) is 3.63. The molecule has 2 N–H and O–H groups in total. The van der Waals surface area contributed by atoms with Crippen LogP contribution in [0.2, 0.25) is 0 Å². The quantitative estimate of drug-likeness (QED) is 0.870. The highest BCUT2D eigenvalue weighted by Gasteiger charge is 2.59. The Hall–Kier alpha value is -2.82. The van der Waals surface area contributed by atoms with Gasteiger partial charge in [0.2, 0.25) is 0 Å². The monoisotopic (exact) mass is 363 g/mol. The molecule has 3 aliphatic rings. The van der Waals surface area contributed by atoms with Gasteiger partial charge in [0.05, 0.1) is 5.92 Å². The summed E-state index contributed by atoms with van der Waals surface area (Å²) in [4.78, 5) is 23.8. The number of ether oxygens (including phenoxy) is 1. The van der Waals surface area contributed by atoms with Gasteiger partial charge in [-0.25, -0.2) is 4.79 Å². The van der Waals surface area contributed by atoms with Crippen LogP contribution in [0.25, 0.3) is 11.1 Å². The first-order chi connectivity index (χ1) is 13.1. The highest BCUT2D eigenvalue weighted by molar-refractivity contribution is 5.79. The Morgan fingerprint density at radius 1 is 0.963 bits per heavy atom. The number of amides is 1. The van der Waals surface area contributed by atoms with Crippen molar-refractivity contribution >= 4 is 12.1 Å².